The number of carbonyl (C=O) groups is 1. The molecule has 110 valence electrons. The monoisotopic (exact) mass is 275 g/mol. The van der Waals surface area contributed by atoms with Crippen molar-refractivity contribution in [1.29, 1.82) is 0 Å². The lowest BCUT2D eigenvalue weighted by molar-refractivity contribution is 0.0827. The van der Waals surface area contributed by atoms with Gasteiger partial charge in [-0.25, -0.2) is 4.98 Å². The highest BCUT2D eigenvalue weighted by atomic mass is 16.2. The van der Waals surface area contributed by atoms with Crippen molar-refractivity contribution >= 4 is 11.7 Å². The normalized spacial score (nSPS) is 26.1. The lowest BCUT2D eigenvalue weighted by atomic mass is 9.79. The molecule has 3 atom stereocenters. The van der Waals surface area contributed by atoms with Crippen molar-refractivity contribution in [1.82, 2.24) is 9.88 Å². The van der Waals surface area contributed by atoms with Crippen LogP contribution in [0.25, 0.3) is 0 Å². The number of nitrogens with one attached hydrogen (secondary N) is 1. The van der Waals surface area contributed by atoms with Gasteiger partial charge in [0.25, 0.3) is 5.91 Å². The summed E-state index contributed by atoms with van der Waals surface area (Å²) in [5, 5.41) is 3.49. The Morgan fingerprint density at radius 2 is 2.00 bits per heavy atom. The highest BCUT2D eigenvalue weighted by molar-refractivity contribution is 5.93. The van der Waals surface area contributed by atoms with Gasteiger partial charge < -0.3 is 10.2 Å². The molecule has 1 aliphatic rings. The molecule has 1 N–H and O–H groups in total. The van der Waals surface area contributed by atoms with Crippen LogP contribution in [0.4, 0.5) is 5.82 Å². The number of rotatable bonds is 3. The Labute approximate surface area is 121 Å². The van der Waals surface area contributed by atoms with Crippen LogP contribution in [0, 0.1) is 11.8 Å². The molecule has 4 nitrogen and oxygen atoms in total. The summed E-state index contributed by atoms with van der Waals surface area (Å²) in [7, 11) is 3.50. The van der Waals surface area contributed by atoms with Crippen molar-refractivity contribution < 1.29 is 4.79 Å². The van der Waals surface area contributed by atoms with E-state index in [-0.39, 0.29) is 5.91 Å². The fourth-order valence-electron chi connectivity index (χ4n) is 2.75. The minimum absolute atomic E-state index is 0.0100. The molecule has 20 heavy (non-hydrogen) atoms. The van der Waals surface area contributed by atoms with E-state index in [2.05, 4.69) is 24.1 Å². The second kappa shape index (κ2) is 6.25. The SMILES string of the molecule is CC1CCC(Nc2ccc(C(=O)N(C)C)cn2)CC1C. The van der Waals surface area contributed by atoms with Gasteiger partial charge in [0.1, 0.15) is 5.82 Å². The number of hydrogen-bond acceptors (Lipinski definition) is 3. The van der Waals surface area contributed by atoms with E-state index < -0.39 is 0 Å². The van der Waals surface area contributed by atoms with Gasteiger partial charge in [0, 0.05) is 26.3 Å². The van der Waals surface area contributed by atoms with Gasteiger partial charge in [0.2, 0.25) is 0 Å². The standard InChI is InChI=1S/C16H25N3O/c1-11-5-7-14(9-12(11)2)18-15-8-6-13(10-17-15)16(20)19(3)4/h6,8,10-12,14H,5,7,9H2,1-4H3,(H,17,18). The van der Waals surface area contributed by atoms with E-state index in [1.54, 1.807) is 25.2 Å². The van der Waals surface area contributed by atoms with Gasteiger partial charge in [-0.2, -0.15) is 0 Å². The molecular weight excluding hydrogens is 250 g/mol. The minimum atomic E-state index is -0.0100. The fourth-order valence-corrected chi connectivity index (χ4v) is 2.75. The van der Waals surface area contributed by atoms with E-state index >= 15 is 0 Å². The Balaban J connectivity index is 1.96. The first kappa shape index (κ1) is 14.8. The summed E-state index contributed by atoms with van der Waals surface area (Å²) >= 11 is 0. The second-order valence-corrected chi connectivity index (χ2v) is 6.24. The molecule has 0 aromatic carbocycles. The van der Waals surface area contributed by atoms with E-state index in [0.717, 1.165) is 17.7 Å². The van der Waals surface area contributed by atoms with Gasteiger partial charge in [-0.15, -0.1) is 0 Å². The number of pyridine rings is 1. The summed E-state index contributed by atoms with van der Waals surface area (Å²) in [6, 6.07) is 4.25. The van der Waals surface area contributed by atoms with Crippen LogP contribution in [0.15, 0.2) is 18.3 Å². The van der Waals surface area contributed by atoms with Crippen LogP contribution in [0.5, 0.6) is 0 Å². The molecule has 0 spiro atoms. The number of anilines is 1. The maximum Gasteiger partial charge on any atom is 0.254 e. The van der Waals surface area contributed by atoms with Crippen LogP contribution in [-0.2, 0) is 0 Å². The maximum atomic E-state index is 11.8. The Kier molecular flexibility index (Phi) is 4.63. The molecule has 0 radical (unpaired) electrons. The highest BCUT2D eigenvalue weighted by Crippen LogP contribution is 2.30. The van der Waals surface area contributed by atoms with Crippen LogP contribution >= 0.6 is 0 Å². The summed E-state index contributed by atoms with van der Waals surface area (Å²) in [6.45, 7) is 4.66. The molecule has 1 aromatic rings. The zero-order chi connectivity index (χ0) is 14.7. The number of amides is 1. The number of hydrogen-bond donors (Lipinski definition) is 1. The third-order valence-corrected chi connectivity index (χ3v) is 4.37. The van der Waals surface area contributed by atoms with Crippen molar-refractivity contribution in [3.63, 3.8) is 0 Å². The third kappa shape index (κ3) is 3.50. The summed E-state index contributed by atoms with van der Waals surface area (Å²) in [4.78, 5) is 17.7. The first-order valence-corrected chi connectivity index (χ1v) is 7.41. The van der Waals surface area contributed by atoms with E-state index in [1.807, 2.05) is 12.1 Å². The molecule has 1 heterocycles. The lowest BCUT2D eigenvalue weighted by Gasteiger charge is -2.32. The number of aromatic nitrogens is 1. The largest absolute Gasteiger partial charge is 0.367 e. The smallest absolute Gasteiger partial charge is 0.254 e. The minimum Gasteiger partial charge on any atom is -0.367 e. The highest BCUT2D eigenvalue weighted by Gasteiger charge is 2.24. The molecule has 1 aliphatic carbocycles. The van der Waals surface area contributed by atoms with Crippen molar-refractivity contribution in [2.45, 2.75) is 39.2 Å². The number of nitrogens with zero attached hydrogens (tertiary/aromatic N) is 2. The maximum absolute atomic E-state index is 11.8. The van der Waals surface area contributed by atoms with Gasteiger partial charge in [-0.05, 0) is 43.2 Å². The van der Waals surface area contributed by atoms with Crippen molar-refractivity contribution in [2.75, 3.05) is 19.4 Å². The molecular formula is C16H25N3O. The van der Waals surface area contributed by atoms with Gasteiger partial charge in [0.15, 0.2) is 0 Å². The van der Waals surface area contributed by atoms with Gasteiger partial charge in [-0.1, -0.05) is 13.8 Å². The Bertz CT molecular complexity index is 455. The molecule has 0 aliphatic heterocycles. The predicted molar refractivity (Wildman–Crippen MR) is 81.8 cm³/mol. The van der Waals surface area contributed by atoms with Gasteiger partial charge in [-0.3, -0.25) is 4.79 Å². The van der Waals surface area contributed by atoms with E-state index in [1.165, 1.54) is 19.3 Å². The van der Waals surface area contributed by atoms with Crippen molar-refractivity contribution in [3.05, 3.63) is 23.9 Å². The molecule has 1 saturated carbocycles. The summed E-state index contributed by atoms with van der Waals surface area (Å²) in [6.07, 6.45) is 5.32. The Morgan fingerprint density at radius 3 is 2.55 bits per heavy atom. The average molecular weight is 275 g/mol. The summed E-state index contributed by atoms with van der Waals surface area (Å²) < 4.78 is 0. The van der Waals surface area contributed by atoms with E-state index in [9.17, 15) is 4.79 Å². The van der Waals surface area contributed by atoms with Crippen LogP contribution in [0.2, 0.25) is 0 Å². The van der Waals surface area contributed by atoms with Crippen LogP contribution in [0.1, 0.15) is 43.5 Å². The average Bonchev–Trinajstić information content (AvgIpc) is 2.43. The third-order valence-electron chi connectivity index (χ3n) is 4.37. The molecule has 1 aromatic heterocycles. The Morgan fingerprint density at radius 1 is 1.25 bits per heavy atom. The predicted octanol–water partition coefficient (Wildman–Crippen LogP) is 3.02. The second-order valence-electron chi connectivity index (χ2n) is 6.24. The zero-order valence-corrected chi connectivity index (χ0v) is 12.9. The van der Waals surface area contributed by atoms with Crippen LogP contribution in [0.3, 0.4) is 0 Å². The molecule has 0 bridgehead atoms. The topological polar surface area (TPSA) is 45.2 Å². The first-order valence-electron chi connectivity index (χ1n) is 7.41. The van der Waals surface area contributed by atoms with Crippen LogP contribution < -0.4 is 5.32 Å². The van der Waals surface area contributed by atoms with Crippen molar-refractivity contribution in [3.8, 4) is 0 Å². The molecule has 1 fully saturated rings. The van der Waals surface area contributed by atoms with E-state index in [4.69, 9.17) is 0 Å². The Hall–Kier alpha value is -1.58. The molecule has 2 rings (SSSR count). The van der Waals surface area contributed by atoms with Crippen LogP contribution in [-0.4, -0.2) is 35.9 Å². The lowest BCUT2D eigenvalue weighted by Crippen LogP contribution is -2.30. The molecule has 1 amide bonds. The molecule has 3 unspecified atom stereocenters. The van der Waals surface area contributed by atoms with Crippen molar-refractivity contribution in [2.24, 2.45) is 11.8 Å². The van der Waals surface area contributed by atoms with Gasteiger partial charge >= 0.3 is 0 Å². The number of carbonyl (C=O) groups excluding carboxylic acids is 1. The summed E-state index contributed by atoms with van der Waals surface area (Å²) in [5.41, 5.74) is 0.631. The molecule has 4 heteroatoms. The quantitative estimate of drug-likeness (QED) is 0.922. The van der Waals surface area contributed by atoms with E-state index in [0.29, 0.717) is 11.6 Å². The van der Waals surface area contributed by atoms with Gasteiger partial charge in [0.05, 0.1) is 5.56 Å². The first-order chi connectivity index (χ1) is 9.47. The molecule has 0 saturated heterocycles. The summed E-state index contributed by atoms with van der Waals surface area (Å²) in [5.74, 6) is 2.44. The fraction of sp³-hybridized carbons (Fsp3) is 0.625. The zero-order valence-electron chi connectivity index (χ0n) is 12.9.